The summed E-state index contributed by atoms with van der Waals surface area (Å²) in [6.07, 6.45) is -2.54. The molecule has 0 aromatic heterocycles. The first-order chi connectivity index (χ1) is 10.9. The van der Waals surface area contributed by atoms with E-state index in [0.29, 0.717) is 6.07 Å². The molecule has 1 aromatic carbocycles. The highest BCUT2D eigenvalue weighted by Gasteiger charge is 2.31. The predicted molar refractivity (Wildman–Crippen MR) is 81.7 cm³/mol. The molecule has 1 rings (SSSR count). The second-order valence-electron chi connectivity index (χ2n) is 5.89. The highest BCUT2D eigenvalue weighted by Crippen LogP contribution is 2.30. The van der Waals surface area contributed by atoms with Crippen LogP contribution in [0.25, 0.3) is 6.08 Å². The van der Waals surface area contributed by atoms with Crippen molar-refractivity contribution in [2.75, 3.05) is 6.54 Å². The Morgan fingerprint density at radius 2 is 1.88 bits per heavy atom. The molecule has 0 aliphatic heterocycles. The van der Waals surface area contributed by atoms with E-state index in [1.54, 1.807) is 20.8 Å². The van der Waals surface area contributed by atoms with Crippen molar-refractivity contribution in [1.29, 1.82) is 0 Å². The smallest absolute Gasteiger partial charge is 0.416 e. The van der Waals surface area contributed by atoms with Gasteiger partial charge in [-0.25, -0.2) is 9.59 Å². The fraction of sp³-hybridized carbons (Fsp3) is 0.375. The summed E-state index contributed by atoms with van der Waals surface area (Å²) >= 11 is 0. The van der Waals surface area contributed by atoms with Crippen LogP contribution in [0.4, 0.5) is 18.0 Å². The van der Waals surface area contributed by atoms with Gasteiger partial charge < -0.3 is 15.2 Å². The van der Waals surface area contributed by atoms with Crippen molar-refractivity contribution >= 4 is 18.1 Å². The second kappa shape index (κ2) is 7.37. The zero-order chi connectivity index (χ0) is 18.5. The molecule has 0 heterocycles. The number of carbonyl (C=O) groups excluding carboxylic acids is 1. The fourth-order valence-corrected chi connectivity index (χ4v) is 1.71. The van der Waals surface area contributed by atoms with E-state index in [0.717, 1.165) is 12.1 Å². The lowest BCUT2D eigenvalue weighted by molar-refractivity contribution is -0.137. The van der Waals surface area contributed by atoms with Crippen molar-refractivity contribution in [2.45, 2.75) is 32.5 Å². The standard InChI is InChI=1S/C16H18F3NO4/c1-15(2,3)24-14(23)20-8-4-5-10-6-7-11(16(17,18)19)9-12(10)13(21)22/h4-7,9H,8H2,1-3H3,(H,20,23)(H,21,22). The largest absolute Gasteiger partial charge is 0.478 e. The van der Waals surface area contributed by atoms with Gasteiger partial charge in [-0.15, -0.1) is 0 Å². The molecular formula is C16H18F3NO4. The monoisotopic (exact) mass is 345 g/mol. The van der Waals surface area contributed by atoms with E-state index < -0.39 is 35.0 Å². The highest BCUT2D eigenvalue weighted by atomic mass is 19.4. The summed E-state index contributed by atoms with van der Waals surface area (Å²) in [4.78, 5) is 22.5. The normalized spacial score (nSPS) is 12.2. The summed E-state index contributed by atoms with van der Waals surface area (Å²) in [5.74, 6) is -1.47. The third-order valence-electron chi connectivity index (χ3n) is 2.67. The number of hydrogen-bond donors (Lipinski definition) is 2. The third kappa shape index (κ3) is 6.31. The first kappa shape index (κ1) is 19.5. The minimum Gasteiger partial charge on any atom is -0.478 e. The highest BCUT2D eigenvalue weighted by molar-refractivity contribution is 5.92. The number of amides is 1. The lowest BCUT2D eigenvalue weighted by Crippen LogP contribution is -2.32. The Hall–Kier alpha value is -2.51. The van der Waals surface area contributed by atoms with Gasteiger partial charge in [0.15, 0.2) is 0 Å². The molecule has 0 unspecified atom stereocenters. The summed E-state index contributed by atoms with van der Waals surface area (Å²) < 4.78 is 42.9. The molecule has 0 saturated carbocycles. The molecule has 1 aromatic rings. The van der Waals surface area contributed by atoms with Gasteiger partial charge in [0.05, 0.1) is 11.1 Å². The molecule has 0 aliphatic carbocycles. The van der Waals surface area contributed by atoms with Gasteiger partial charge in [-0.2, -0.15) is 13.2 Å². The summed E-state index contributed by atoms with van der Waals surface area (Å²) in [7, 11) is 0. The summed E-state index contributed by atoms with van der Waals surface area (Å²) in [5.41, 5.74) is -2.07. The maximum Gasteiger partial charge on any atom is 0.416 e. The van der Waals surface area contributed by atoms with E-state index in [1.807, 2.05) is 0 Å². The quantitative estimate of drug-likeness (QED) is 0.867. The zero-order valence-corrected chi connectivity index (χ0v) is 13.4. The Kier molecular flexibility index (Phi) is 6.00. The lowest BCUT2D eigenvalue weighted by atomic mass is 10.0. The third-order valence-corrected chi connectivity index (χ3v) is 2.67. The van der Waals surface area contributed by atoms with E-state index in [-0.39, 0.29) is 12.1 Å². The average Bonchev–Trinajstić information content (AvgIpc) is 2.40. The molecular weight excluding hydrogens is 327 g/mol. The van der Waals surface area contributed by atoms with Crippen LogP contribution >= 0.6 is 0 Å². The van der Waals surface area contributed by atoms with Crippen LogP contribution in [-0.4, -0.2) is 29.3 Å². The zero-order valence-electron chi connectivity index (χ0n) is 13.4. The molecule has 0 radical (unpaired) electrons. The molecule has 5 nitrogen and oxygen atoms in total. The van der Waals surface area contributed by atoms with Gasteiger partial charge in [0.1, 0.15) is 5.60 Å². The number of ether oxygens (including phenoxy) is 1. The fourth-order valence-electron chi connectivity index (χ4n) is 1.71. The minimum atomic E-state index is -4.62. The number of carboxylic acids is 1. The van der Waals surface area contributed by atoms with Crippen LogP contribution in [0.1, 0.15) is 42.3 Å². The van der Waals surface area contributed by atoms with Crippen molar-refractivity contribution in [3.63, 3.8) is 0 Å². The molecule has 1 amide bonds. The Balaban J connectivity index is 2.80. The molecule has 0 atom stereocenters. The van der Waals surface area contributed by atoms with Gasteiger partial charge in [0.25, 0.3) is 0 Å². The van der Waals surface area contributed by atoms with Gasteiger partial charge in [0, 0.05) is 6.54 Å². The lowest BCUT2D eigenvalue weighted by Gasteiger charge is -2.19. The number of alkyl carbamates (subject to hydrolysis) is 1. The molecule has 132 valence electrons. The van der Waals surface area contributed by atoms with Gasteiger partial charge in [0.2, 0.25) is 0 Å². The summed E-state index contributed by atoms with van der Waals surface area (Å²) in [6.45, 7) is 5.13. The summed E-state index contributed by atoms with van der Waals surface area (Å²) in [6, 6.07) is 2.44. The topological polar surface area (TPSA) is 75.6 Å². The Morgan fingerprint density at radius 3 is 2.38 bits per heavy atom. The Morgan fingerprint density at radius 1 is 1.25 bits per heavy atom. The van der Waals surface area contributed by atoms with Crippen molar-refractivity contribution in [3.05, 3.63) is 41.0 Å². The predicted octanol–water partition coefficient (Wildman–Crippen LogP) is 3.94. The SMILES string of the molecule is CC(C)(C)OC(=O)NCC=Cc1ccc(C(F)(F)F)cc1C(=O)O. The van der Waals surface area contributed by atoms with Gasteiger partial charge in [-0.3, -0.25) is 0 Å². The molecule has 0 aliphatic rings. The molecule has 0 spiro atoms. The molecule has 0 bridgehead atoms. The van der Waals surface area contributed by atoms with Crippen LogP contribution in [0.5, 0.6) is 0 Å². The van der Waals surface area contributed by atoms with Gasteiger partial charge in [-0.05, 0) is 38.5 Å². The van der Waals surface area contributed by atoms with E-state index in [2.05, 4.69) is 5.32 Å². The number of aromatic carboxylic acids is 1. The number of nitrogens with one attached hydrogen (secondary N) is 1. The van der Waals surface area contributed by atoms with Crippen molar-refractivity contribution in [1.82, 2.24) is 5.32 Å². The van der Waals surface area contributed by atoms with Crippen LogP contribution in [-0.2, 0) is 10.9 Å². The van der Waals surface area contributed by atoms with Crippen LogP contribution in [0, 0.1) is 0 Å². The molecule has 8 heteroatoms. The second-order valence-corrected chi connectivity index (χ2v) is 5.89. The van der Waals surface area contributed by atoms with E-state index in [9.17, 15) is 22.8 Å². The number of rotatable bonds is 4. The van der Waals surface area contributed by atoms with Gasteiger partial charge in [-0.1, -0.05) is 18.2 Å². The molecule has 0 saturated heterocycles. The van der Waals surface area contributed by atoms with Crippen LogP contribution in [0.2, 0.25) is 0 Å². The van der Waals surface area contributed by atoms with Crippen LogP contribution in [0.3, 0.4) is 0 Å². The molecule has 0 fully saturated rings. The van der Waals surface area contributed by atoms with Crippen molar-refractivity contribution in [3.8, 4) is 0 Å². The van der Waals surface area contributed by atoms with Crippen molar-refractivity contribution in [2.24, 2.45) is 0 Å². The Labute approximate surface area is 137 Å². The van der Waals surface area contributed by atoms with E-state index in [1.165, 1.54) is 12.2 Å². The van der Waals surface area contributed by atoms with E-state index in [4.69, 9.17) is 9.84 Å². The molecule has 2 N–H and O–H groups in total. The van der Waals surface area contributed by atoms with Crippen LogP contribution < -0.4 is 5.32 Å². The number of carbonyl (C=O) groups is 2. The average molecular weight is 345 g/mol. The number of benzene rings is 1. The summed E-state index contributed by atoms with van der Waals surface area (Å²) in [5, 5.41) is 11.5. The first-order valence-corrected chi connectivity index (χ1v) is 6.98. The van der Waals surface area contributed by atoms with Crippen molar-refractivity contribution < 1.29 is 32.6 Å². The number of carboxylic acid groups (broad SMARTS) is 1. The number of alkyl halides is 3. The van der Waals surface area contributed by atoms with Crippen LogP contribution in [0.15, 0.2) is 24.3 Å². The first-order valence-electron chi connectivity index (χ1n) is 6.98. The maximum absolute atomic E-state index is 12.6. The maximum atomic E-state index is 12.6. The minimum absolute atomic E-state index is 0.0367. The number of halogens is 3. The van der Waals surface area contributed by atoms with Gasteiger partial charge >= 0.3 is 18.2 Å². The van der Waals surface area contributed by atoms with E-state index >= 15 is 0 Å². The molecule has 24 heavy (non-hydrogen) atoms. The Bertz CT molecular complexity index is 646. The number of hydrogen-bond acceptors (Lipinski definition) is 3.